The minimum absolute atomic E-state index is 0.0233. The molecule has 11 heteroatoms. The first-order chi connectivity index (χ1) is 12.3. The Morgan fingerprint density at radius 2 is 1.73 bits per heavy atom. The van der Waals surface area contributed by atoms with Gasteiger partial charge in [-0.2, -0.15) is 8.42 Å². The van der Waals surface area contributed by atoms with Crippen molar-refractivity contribution < 1.29 is 35.6 Å². The van der Waals surface area contributed by atoms with Crippen LogP contribution in [-0.4, -0.2) is 45.2 Å². The number of alkyl halides is 2. The van der Waals surface area contributed by atoms with Crippen molar-refractivity contribution >= 4 is 16.1 Å². The number of nitrogens with zero attached hydrogens (tertiary/aromatic N) is 2. The summed E-state index contributed by atoms with van der Waals surface area (Å²) in [4.78, 5) is 18.1. The van der Waals surface area contributed by atoms with Crippen LogP contribution < -0.4 is 4.74 Å². The highest BCUT2D eigenvalue weighted by molar-refractivity contribution is 7.86. The van der Waals surface area contributed by atoms with Crippen LogP contribution >= 0.6 is 0 Å². The maximum absolute atomic E-state index is 11.7. The van der Waals surface area contributed by atoms with Gasteiger partial charge in [0.1, 0.15) is 0 Å². The third-order valence-corrected chi connectivity index (χ3v) is 3.98. The lowest BCUT2D eigenvalue weighted by Gasteiger charge is -2.01. The second-order valence-electron chi connectivity index (χ2n) is 4.48. The molecule has 8 nitrogen and oxygen atoms in total. The van der Waals surface area contributed by atoms with E-state index >= 15 is 0 Å². The number of aryl methyl sites for hydroxylation is 1. The minimum atomic E-state index is -3.90. The number of carbonyl (C=O) groups is 1. The lowest BCUT2D eigenvalue weighted by atomic mass is 10.2. The number of hydrogen-bond donors (Lipinski definition) is 0. The molecule has 0 N–H and O–H groups in total. The third kappa shape index (κ3) is 6.69. The first-order valence-corrected chi connectivity index (χ1v) is 8.36. The topological polar surface area (TPSA) is 105 Å². The summed E-state index contributed by atoms with van der Waals surface area (Å²) in [5.41, 5.74) is 0.980. The number of rotatable bonds is 6. The van der Waals surface area contributed by atoms with Gasteiger partial charge in [-0.15, -0.1) is 0 Å². The van der Waals surface area contributed by atoms with Gasteiger partial charge in [-0.3, -0.25) is 0 Å². The molecule has 0 saturated heterocycles. The number of benzene rings is 1. The van der Waals surface area contributed by atoms with E-state index in [4.69, 9.17) is 0 Å². The van der Waals surface area contributed by atoms with Gasteiger partial charge in [0.25, 0.3) is 10.1 Å². The van der Waals surface area contributed by atoms with Gasteiger partial charge in [-0.1, -0.05) is 17.7 Å². The van der Waals surface area contributed by atoms with Crippen molar-refractivity contribution in [1.29, 1.82) is 0 Å². The van der Waals surface area contributed by atoms with Crippen LogP contribution in [0.1, 0.15) is 16.1 Å². The van der Waals surface area contributed by atoms with E-state index in [9.17, 15) is 22.0 Å². The molecule has 0 amide bonds. The van der Waals surface area contributed by atoms with Gasteiger partial charge in [-0.05, 0) is 19.1 Å². The predicted octanol–water partition coefficient (Wildman–Crippen LogP) is 2.20. The molecule has 0 atom stereocenters. The van der Waals surface area contributed by atoms with E-state index < -0.39 is 29.8 Å². The van der Waals surface area contributed by atoms with E-state index in [1.807, 2.05) is 6.92 Å². The average molecular weight is 390 g/mol. The van der Waals surface area contributed by atoms with Crippen LogP contribution in [0.2, 0.25) is 0 Å². The first kappa shape index (κ1) is 21.4. The maximum Gasteiger partial charge on any atom is 0.358 e. The quantitative estimate of drug-likeness (QED) is 0.546. The lowest BCUT2D eigenvalue weighted by Crippen LogP contribution is -2.05. The van der Waals surface area contributed by atoms with E-state index in [2.05, 4.69) is 23.6 Å². The Labute approximate surface area is 148 Å². The number of ether oxygens (including phenoxy) is 2. The highest BCUT2D eigenvalue weighted by Gasteiger charge is 2.13. The number of hydrogen-bond acceptors (Lipinski definition) is 8. The van der Waals surface area contributed by atoms with Gasteiger partial charge in [0.05, 0.1) is 24.4 Å². The molecule has 0 spiro atoms. The zero-order valence-corrected chi connectivity index (χ0v) is 14.7. The summed E-state index contributed by atoms with van der Waals surface area (Å²) < 4.78 is 58.2. The first-order valence-electron chi connectivity index (χ1n) is 6.95. The number of carbonyl (C=O) groups excluding carboxylic acids is 1. The summed E-state index contributed by atoms with van der Waals surface area (Å²) in [6.07, 6.45) is 2.29. The summed E-state index contributed by atoms with van der Waals surface area (Å²) in [5.74, 6) is -0.575. The third-order valence-electron chi connectivity index (χ3n) is 2.73. The van der Waals surface area contributed by atoms with Gasteiger partial charge >= 0.3 is 5.97 Å². The zero-order valence-electron chi connectivity index (χ0n) is 13.9. The van der Waals surface area contributed by atoms with Crippen molar-refractivity contribution in [3.8, 4) is 5.88 Å². The summed E-state index contributed by atoms with van der Waals surface area (Å²) in [7, 11) is -2.67. The standard InChI is InChI=1S/C8H9FO3S.C7H7FN2O3/c1-7-2-4-8(5-3-7)13(10,11)12-6-9;1-12-7(11)5-2-10-6(3-9-5)13-4-8/h2-5H,6H2,1H3;2-3H,4H2,1H3. The van der Waals surface area contributed by atoms with Crippen LogP contribution in [0.15, 0.2) is 41.6 Å². The SMILES string of the molecule is COC(=O)c1cnc(OCF)cn1.Cc1ccc(S(=O)(=O)OCF)cc1. The van der Waals surface area contributed by atoms with Crippen molar-refractivity contribution in [3.63, 3.8) is 0 Å². The van der Waals surface area contributed by atoms with Gasteiger partial charge < -0.3 is 9.47 Å². The molecular formula is C15H16F2N2O6S. The normalized spacial score (nSPS) is 10.5. The molecule has 0 fully saturated rings. The van der Waals surface area contributed by atoms with E-state index in [0.29, 0.717) is 0 Å². The van der Waals surface area contributed by atoms with Crippen LogP contribution in [0.3, 0.4) is 0 Å². The van der Waals surface area contributed by atoms with E-state index in [-0.39, 0.29) is 16.5 Å². The van der Waals surface area contributed by atoms with Gasteiger partial charge in [0.15, 0.2) is 5.69 Å². The lowest BCUT2D eigenvalue weighted by molar-refractivity contribution is 0.0593. The molecule has 1 aromatic carbocycles. The minimum Gasteiger partial charge on any atom is -0.464 e. The second-order valence-corrected chi connectivity index (χ2v) is 6.09. The van der Waals surface area contributed by atoms with Crippen LogP contribution in [0, 0.1) is 6.92 Å². The number of aromatic nitrogens is 2. The average Bonchev–Trinajstić information content (AvgIpc) is 2.63. The molecule has 0 unspecified atom stereocenters. The van der Waals surface area contributed by atoms with Crippen LogP contribution in [-0.2, 0) is 19.0 Å². The molecule has 0 bridgehead atoms. The van der Waals surface area contributed by atoms with E-state index in [0.717, 1.165) is 18.0 Å². The Morgan fingerprint density at radius 1 is 1.08 bits per heavy atom. The Bertz CT molecular complexity index is 798. The number of halogens is 2. The van der Waals surface area contributed by atoms with Crippen molar-refractivity contribution in [2.75, 3.05) is 20.8 Å². The predicted molar refractivity (Wildman–Crippen MR) is 85.4 cm³/mol. The number of esters is 1. The summed E-state index contributed by atoms with van der Waals surface area (Å²) in [6.45, 7) is -0.491. The largest absolute Gasteiger partial charge is 0.464 e. The molecule has 2 aromatic rings. The molecule has 2 rings (SSSR count). The summed E-state index contributed by atoms with van der Waals surface area (Å²) in [6, 6.07) is 5.99. The molecule has 0 aliphatic heterocycles. The van der Waals surface area contributed by atoms with Crippen LogP contribution in [0.4, 0.5) is 8.78 Å². The molecule has 1 heterocycles. The molecule has 0 radical (unpaired) electrons. The molecular weight excluding hydrogens is 374 g/mol. The highest BCUT2D eigenvalue weighted by Crippen LogP contribution is 2.12. The van der Waals surface area contributed by atoms with E-state index in [1.165, 1.54) is 19.2 Å². The van der Waals surface area contributed by atoms with Gasteiger partial charge in [0, 0.05) is 0 Å². The van der Waals surface area contributed by atoms with Crippen molar-refractivity contribution in [2.45, 2.75) is 11.8 Å². The Morgan fingerprint density at radius 3 is 2.19 bits per heavy atom. The fraction of sp³-hybridized carbons (Fsp3) is 0.267. The van der Waals surface area contributed by atoms with Gasteiger partial charge in [0.2, 0.25) is 19.6 Å². The molecule has 0 aliphatic carbocycles. The summed E-state index contributed by atoms with van der Waals surface area (Å²) >= 11 is 0. The molecule has 142 valence electrons. The van der Waals surface area contributed by atoms with E-state index in [1.54, 1.807) is 12.1 Å². The smallest absolute Gasteiger partial charge is 0.358 e. The maximum atomic E-state index is 11.7. The Kier molecular flexibility index (Phi) is 8.52. The zero-order chi connectivity index (χ0) is 19.6. The molecule has 0 saturated carbocycles. The Hall–Kier alpha value is -2.66. The second kappa shape index (κ2) is 10.4. The van der Waals surface area contributed by atoms with Crippen molar-refractivity contribution in [3.05, 3.63) is 47.9 Å². The monoisotopic (exact) mass is 390 g/mol. The molecule has 26 heavy (non-hydrogen) atoms. The van der Waals surface area contributed by atoms with Crippen LogP contribution in [0.25, 0.3) is 0 Å². The number of methoxy groups -OCH3 is 1. The fourth-order valence-electron chi connectivity index (χ4n) is 1.49. The summed E-state index contributed by atoms with van der Waals surface area (Å²) in [5, 5.41) is 0. The Balaban J connectivity index is 0.000000260. The fourth-order valence-corrected chi connectivity index (χ4v) is 2.21. The molecule has 0 aliphatic rings. The van der Waals surface area contributed by atoms with Crippen LogP contribution in [0.5, 0.6) is 5.88 Å². The van der Waals surface area contributed by atoms with Gasteiger partial charge in [-0.25, -0.2) is 27.7 Å². The highest BCUT2D eigenvalue weighted by atomic mass is 32.2. The van der Waals surface area contributed by atoms with Crippen molar-refractivity contribution in [1.82, 2.24) is 9.97 Å². The molecule has 1 aromatic heterocycles. The van der Waals surface area contributed by atoms with Crippen molar-refractivity contribution in [2.24, 2.45) is 0 Å².